The molecule has 51 heavy (non-hydrogen) atoms. The van der Waals surface area contributed by atoms with Crippen LogP contribution in [0.1, 0.15) is 0 Å². The Balaban J connectivity index is 2.31. The number of hydrogen-bond donors (Lipinski definition) is 0. The molecule has 0 unspecified atom stereocenters. The van der Waals surface area contributed by atoms with Crippen molar-refractivity contribution in [1.29, 1.82) is 0 Å². The standard InChI is InChI=1S/C36H46O13Si2/c1-37-21-13-17-25(41-5)33(29(21)45-9)50(34-26(42-6)18-14-22(38-2)30(34)46-10)49-51(35-27(43-7)19-15-23(39-3)31(35)47-11)36-28(44-8)20-16-24(40-4)32(36)48-12/h13-20,50-51H,1-12H3. The van der Waals surface area contributed by atoms with E-state index in [1.165, 1.54) is 0 Å². The molecule has 0 spiro atoms. The molecule has 15 heteroatoms. The molecule has 276 valence electrons. The summed E-state index contributed by atoms with van der Waals surface area (Å²) in [4.78, 5) is 0. The van der Waals surface area contributed by atoms with Crippen LogP contribution >= 0.6 is 0 Å². The van der Waals surface area contributed by atoms with Crippen LogP contribution in [0.25, 0.3) is 0 Å². The first-order valence-corrected chi connectivity index (χ1v) is 18.9. The molecule has 0 aliphatic heterocycles. The van der Waals surface area contributed by atoms with Crippen molar-refractivity contribution in [2.75, 3.05) is 85.3 Å². The minimum atomic E-state index is -3.24. The Hall–Kier alpha value is -5.13. The zero-order valence-electron chi connectivity index (χ0n) is 31.1. The maximum atomic E-state index is 7.75. The smallest absolute Gasteiger partial charge is 0.245 e. The van der Waals surface area contributed by atoms with Crippen molar-refractivity contribution in [2.45, 2.75) is 0 Å². The van der Waals surface area contributed by atoms with E-state index in [0.717, 1.165) is 0 Å². The summed E-state index contributed by atoms with van der Waals surface area (Å²) in [6.45, 7) is 0. The average Bonchev–Trinajstić information content (AvgIpc) is 3.18. The van der Waals surface area contributed by atoms with Crippen LogP contribution in [0, 0.1) is 0 Å². The Labute approximate surface area is 302 Å². The van der Waals surface area contributed by atoms with Gasteiger partial charge in [0.2, 0.25) is 18.1 Å². The van der Waals surface area contributed by atoms with Gasteiger partial charge in [-0.1, -0.05) is 0 Å². The van der Waals surface area contributed by atoms with Crippen molar-refractivity contribution in [3.8, 4) is 69.0 Å². The highest BCUT2D eigenvalue weighted by Crippen LogP contribution is 2.37. The predicted octanol–water partition coefficient (Wildman–Crippen LogP) is 2.18. The maximum Gasteiger partial charge on any atom is 0.245 e. The third kappa shape index (κ3) is 7.22. The van der Waals surface area contributed by atoms with Crippen LogP contribution in [0.5, 0.6) is 69.0 Å². The van der Waals surface area contributed by atoms with Crippen molar-refractivity contribution >= 4 is 38.8 Å². The van der Waals surface area contributed by atoms with Crippen molar-refractivity contribution < 1.29 is 61.0 Å². The molecule has 0 bridgehead atoms. The lowest BCUT2D eigenvalue weighted by Gasteiger charge is -2.32. The number of rotatable bonds is 18. The van der Waals surface area contributed by atoms with E-state index in [2.05, 4.69) is 0 Å². The molecule has 0 fully saturated rings. The molecule has 0 aliphatic rings. The van der Waals surface area contributed by atoms with Crippen LogP contribution in [0.3, 0.4) is 0 Å². The van der Waals surface area contributed by atoms with E-state index in [1.807, 2.05) is 0 Å². The van der Waals surface area contributed by atoms with Gasteiger partial charge >= 0.3 is 0 Å². The van der Waals surface area contributed by atoms with Crippen molar-refractivity contribution in [3.05, 3.63) is 48.5 Å². The second-order valence-corrected chi connectivity index (χ2v) is 15.5. The fraction of sp³-hybridized carbons (Fsp3) is 0.333. The van der Waals surface area contributed by atoms with Gasteiger partial charge in [-0.15, -0.1) is 0 Å². The summed E-state index contributed by atoms with van der Waals surface area (Å²) in [5, 5.41) is 2.40. The third-order valence-electron chi connectivity index (χ3n) is 8.38. The van der Waals surface area contributed by atoms with E-state index >= 15 is 0 Å². The number of ether oxygens (including phenoxy) is 12. The summed E-state index contributed by atoms with van der Waals surface area (Å²) in [6.07, 6.45) is 0. The Kier molecular flexibility index (Phi) is 13.4. The summed E-state index contributed by atoms with van der Waals surface area (Å²) in [5.41, 5.74) is 0. The van der Waals surface area contributed by atoms with E-state index in [-0.39, 0.29) is 0 Å². The van der Waals surface area contributed by atoms with E-state index < -0.39 is 18.1 Å². The Bertz CT molecular complexity index is 1540. The molecule has 4 aromatic carbocycles. The fourth-order valence-electron chi connectivity index (χ4n) is 6.13. The van der Waals surface area contributed by atoms with Gasteiger partial charge in [-0.05, 0) is 48.5 Å². The average molecular weight is 743 g/mol. The van der Waals surface area contributed by atoms with Crippen LogP contribution in [0.4, 0.5) is 0 Å². The van der Waals surface area contributed by atoms with Crippen LogP contribution in [0.2, 0.25) is 0 Å². The van der Waals surface area contributed by atoms with Crippen molar-refractivity contribution in [3.63, 3.8) is 0 Å². The summed E-state index contributed by atoms with van der Waals surface area (Å²) in [7, 11) is 12.3. The first-order valence-electron chi connectivity index (χ1n) is 15.6. The molecule has 0 aliphatic carbocycles. The molecule has 4 aromatic rings. The lowest BCUT2D eigenvalue weighted by Crippen LogP contribution is -2.57. The molecule has 4 rings (SSSR count). The minimum Gasteiger partial charge on any atom is -0.497 e. The topological polar surface area (TPSA) is 120 Å². The maximum absolute atomic E-state index is 7.75. The van der Waals surface area contributed by atoms with Gasteiger partial charge in [-0.3, -0.25) is 0 Å². The lowest BCUT2D eigenvalue weighted by atomic mass is 10.3. The highest BCUT2D eigenvalue weighted by atomic mass is 28.4. The molecule has 0 amide bonds. The fourth-order valence-corrected chi connectivity index (χ4v) is 13.9. The first-order chi connectivity index (χ1) is 24.8. The Morgan fingerprint density at radius 2 is 0.431 bits per heavy atom. The molecular weight excluding hydrogens is 697 g/mol. The van der Waals surface area contributed by atoms with Crippen LogP contribution in [-0.2, 0) is 4.12 Å². The van der Waals surface area contributed by atoms with Crippen LogP contribution in [0.15, 0.2) is 48.5 Å². The van der Waals surface area contributed by atoms with Crippen molar-refractivity contribution in [1.82, 2.24) is 0 Å². The molecule has 0 saturated heterocycles. The Morgan fingerprint density at radius 1 is 0.255 bits per heavy atom. The summed E-state index contributed by atoms with van der Waals surface area (Å²) in [6, 6.07) is 14.3. The normalized spacial score (nSPS) is 10.8. The highest BCUT2D eigenvalue weighted by Gasteiger charge is 2.42. The number of hydrogen-bond acceptors (Lipinski definition) is 13. The van der Waals surface area contributed by atoms with Gasteiger partial charge in [-0.25, -0.2) is 0 Å². The second-order valence-electron chi connectivity index (χ2n) is 10.6. The highest BCUT2D eigenvalue weighted by molar-refractivity contribution is 6.94. The Morgan fingerprint density at radius 3 is 0.588 bits per heavy atom. The molecular formula is C36H46O13Si2. The predicted molar refractivity (Wildman–Crippen MR) is 198 cm³/mol. The molecule has 0 saturated carbocycles. The third-order valence-corrected chi connectivity index (χ3v) is 14.8. The second kappa shape index (κ2) is 17.7. The van der Waals surface area contributed by atoms with Gasteiger partial charge in [0.15, 0.2) is 46.0 Å². The largest absolute Gasteiger partial charge is 0.497 e. The minimum absolute atomic E-state index is 0.405. The monoisotopic (exact) mass is 742 g/mol. The van der Waals surface area contributed by atoms with Crippen molar-refractivity contribution in [2.24, 2.45) is 0 Å². The van der Waals surface area contributed by atoms with E-state index in [9.17, 15) is 0 Å². The summed E-state index contributed by atoms with van der Waals surface area (Å²) < 4.78 is 79.3. The van der Waals surface area contributed by atoms with E-state index in [4.69, 9.17) is 61.0 Å². The van der Waals surface area contributed by atoms with Crippen LogP contribution in [-0.4, -0.2) is 103 Å². The van der Waals surface area contributed by atoms with Gasteiger partial charge < -0.3 is 61.0 Å². The van der Waals surface area contributed by atoms with Gasteiger partial charge in [0, 0.05) is 0 Å². The van der Waals surface area contributed by atoms with Crippen LogP contribution < -0.4 is 77.6 Å². The first kappa shape index (κ1) is 38.7. The number of benzene rings is 4. The molecule has 0 heterocycles. The molecule has 0 radical (unpaired) electrons. The summed E-state index contributed by atoms with van der Waals surface area (Å²) in [5.74, 6) is 5.40. The SMILES string of the molecule is COc1ccc(OC)c([SiH](O[SiH](c2c(OC)ccc(OC)c2OC)c2c(OC)ccc(OC)c2OC)c2c(OC)ccc(OC)c2OC)c1OC. The van der Waals surface area contributed by atoms with Gasteiger partial charge in [-0.2, -0.15) is 0 Å². The summed E-state index contributed by atoms with van der Waals surface area (Å²) >= 11 is 0. The molecule has 0 aromatic heterocycles. The molecule has 0 N–H and O–H groups in total. The van der Waals surface area contributed by atoms with E-state index in [1.54, 1.807) is 134 Å². The van der Waals surface area contributed by atoms with Gasteiger partial charge in [0.1, 0.15) is 23.0 Å². The zero-order chi connectivity index (χ0) is 37.2. The quantitative estimate of drug-likeness (QED) is 0.139. The lowest BCUT2D eigenvalue weighted by molar-refractivity contribution is 0.348. The molecule has 13 nitrogen and oxygen atoms in total. The zero-order valence-corrected chi connectivity index (χ0v) is 33.4. The van der Waals surface area contributed by atoms with Gasteiger partial charge in [0.05, 0.1) is 106 Å². The molecule has 0 atom stereocenters. The van der Waals surface area contributed by atoms with E-state index in [0.29, 0.717) is 89.7 Å². The van der Waals surface area contributed by atoms with Gasteiger partial charge in [0.25, 0.3) is 0 Å². The number of methoxy groups -OCH3 is 12.